The van der Waals surface area contributed by atoms with Crippen molar-refractivity contribution < 1.29 is 4.79 Å². The van der Waals surface area contributed by atoms with E-state index >= 15 is 0 Å². The summed E-state index contributed by atoms with van der Waals surface area (Å²) in [6, 6.07) is 20.3. The smallest absolute Gasteiger partial charge is 0.289 e. The number of nitrogens with one attached hydrogen (secondary N) is 1. The van der Waals surface area contributed by atoms with Crippen molar-refractivity contribution in [2.75, 3.05) is 0 Å². The average molecular weight is 497 g/mol. The van der Waals surface area contributed by atoms with Crippen LogP contribution in [-0.2, 0) is 0 Å². The van der Waals surface area contributed by atoms with Crippen LogP contribution in [0.25, 0.3) is 22.4 Å². The summed E-state index contributed by atoms with van der Waals surface area (Å²) >= 11 is 18.6. The van der Waals surface area contributed by atoms with Crippen LogP contribution in [0.3, 0.4) is 0 Å². The standard InChI is InChI=1S/C26H20Cl3N3O/c1-15-3-5-17(6-4-15)16(2)31-26(33)25-30-14-22(18-7-9-19(27)10-8-18)24(32-25)21-12-11-20(28)13-23(21)29/h3-14,16H,1-2H3,(H,31,33)/t16-/m0/s1. The van der Waals surface area contributed by atoms with Crippen LogP contribution in [0, 0.1) is 6.92 Å². The van der Waals surface area contributed by atoms with Crippen molar-refractivity contribution in [1.29, 1.82) is 0 Å². The second kappa shape index (κ2) is 9.92. The minimum atomic E-state index is -0.378. The van der Waals surface area contributed by atoms with Gasteiger partial charge in [0.1, 0.15) is 0 Å². The molecule has 0 unspecified atom stereocenters. The Hall–Kier alpha value is -2.92. The quantitative estimate of drug-likeness (QED) is 0.310. The van der Waals surface area contributed by atoms with E-state index in [1.807, 2.05) is 50.2 Å². The Bertz CT molecular complexity index is 1310. The number of carbonyl (C=O) groups excluding carboxylic acids is 1. The van der Waals surface area contributed by atoms with Crippen molar-refractivity contribution in [3.8, 4) is 22.4 Å². The fraction of sp³-hybridized carbons (Fsp3) is 0.115. The summed E-state index contributed by atoms with van der Waals surface area (Å²) in [7, 11) is 0. The SMILES string of the molecule is Cc1ccc([C@H](C)NC(=O)c2ncc(-c3ccc(Cl)cc3)c(-c3ccc(Cl)cc3Cl)n2)cc1. The molecule has 1 atom stereocenters. The van der Waals surface area contributed by atoms with E-state index in [4.69, 9.17) is 34.8 Å². The predicted octanol–water partition coefficient (Wildman–Crippen LogP) is 7.57. The normalized spacial score (nSPS) is 11.8. The van der Waals surface area contributed by atoms with Gasteiger partial charge in [0, 0.05) is 27.4 Å². The van der Waals surface area contributed by atoms with Crippen molar-refractivity contribution in [3.63, 3.8) is 0 Å². The van der Waals surface area contributed by atoms with Crippen LogP contribution in [0.1, 0.15) is 34.7 Å². The van der Waals surface area contributed by atoms with Gasteiger partial charge < -0.3 is 5.32 Å². The molecular formula is C26H20Cl3N3O. The number of halogens is 3. The molecule has 0 aliphatic rings. The van der Waals surface area contributed by atoms with E-state index in [-0.39, 0.29) is 17.8 Å². The monoisotopic (exact) mass is 495 g/mol. The molecular weight excluding hydrogens is 477 g/mol. The number of rotatable bonds is 5. The highest BCUT2D eigenvalue weighted by atomic mass is 35.5. The summed E-state index contributed by atoms with van der Waals surface area (Å²) in [6.45, 7) is 3.94. The molecule has 0 radical (unpaired) electrons. The lowest BCUT2D eigenvalue weighted by Crippen LogP contribution is -2.28. The molecule has 1 aromatic heterocycles. The third-order valence-corrected chi connectivity index (χ3v) is 6.06. The van der Waals surface area contributed by atoms with Gasteiger partial charge in [-0.1, -0.05) is 76.8 Å². The first-order chi connectivity index (χ1) is 15.8. The number of nitrogens with zero attached hydrogens (tertiary/aromatic N) is 2. The Kier molecular flexibility index (Phi) is 6.99. The lowest BCUT2D eigenvalue weighted by atomic mass is 10.0. The average Bonchev–Trinajstić information content (AvgIpc) is 2.80. The number of carbonyl (C=O) groups is 1. The largest absolute Gasteiger partial charge is 0.343 e. The molecule has 166 valence electrons. The topological polar surface area (TPSA) is 54.9 Å². The Morgan fingerprint density at radius 3 is 2.21 bits per heavy atom. The van der Waals surface area contributed by atoms with Gasteiger partial charge in [-0.25, -0.2) is 9.97 Å². The van der Waals surface area contributed by atoms with Gasteiger partial charge in [0.15, 0.2) is 0 Å². The Morgan fingerprint density at radius 2 is 1.55 bits per heavy atom. The number of hydrogen-bond acceptors (Lipinski definition) is 3. The van der Waals surface area contributed by atoms with Gasteiger partial charge >= 0.3 is 0 Å². The molecule has 3 aromatic carbocycles. The van der Waals surface area contributed by atoms with Crippen LogP contribution >= 0.6 is 34.8 Å². The molecule has 4 nitrogen and oxygen atoms in total. The number of amides is 1. The number of aryl methyl sites for hydroxylation is 1. The zero-order valence-electron chi connectivity index (χ0n) is 17.9. The van der Waals surface area contributed by atoms with E-state index in [9.17, 15) is 4.79 Å². The molecule has 1 N–H and O–H groups in total. The molecule has 0 aliphatic carbocycles. The lowest BCUT2D eigenvalue weighted by molar-refractivity contribution is 0.0929. The third kappa shape index (κ3) is 5.36. The highest BCUT2D eigenvalue weighted by Gasteiger charge is 2.19. The van der Waals surface area contributed by atoms with Crippen molar-refractivity contribution in [3.05, 3.63) is 105 Å². The number of hydrogen-bond donors (Lipinski definition) is 1. The van der Waals surface area contributed by atoms with Crippen molar-refractivity contribution in [1.82, 2.24) is 15.3 Å². The van der Waals surface area contributed by atoms with Gasteiger partial charge in [-0.3, -0.25) is 4.79 Å². The third-order valence-electron chi connectivity index (χ3n) is 5.26. The molecule has 0 saturated heterocycles. The second-order valence-electron chi connectivity index (χ2n) is 7.69. The highest BCUT2D eigenvalue weighted by molar-refractivity contribution is 6.36. The molecule has 1 amide bonds. The zero-order valence-corrected chi connectivity index (χ0v) is 20.2. The molecule has 0 bridgehead atoms. The van der Waals surface area contributed by atoms with E-state index in [0.717, 1.165) is 22.3 Å². The van der Waals surface area contributed by atoms with Crippen LogP contribution in [-0.4, -0.2) is 15.9 Å². The van der Waals surface area contributed by atoms with E-state index < -0.39 is 0 Å². The molecule has 0 aliphatic heterocycles. The Labute approximate surface area is 207 Å². The van der Waals surface area contributed by atoms with Gasteiger partial charge in [-0.2, -0.15) is 0 Å². The van der Waals surface area contributed by atoms with Crippen LogP contribution in [0.2, 0.25) is 15.1 Å². The lowest BCUT2D eigenvalue weighted by Gasteiger charge is -2.16. The van der Waals surface area contributed by atoms with E-state index in [0.29, 0.717) is 26.3 Å². The first-order valence-corrected chi connectivity index (χ1v) is 11.4. The molecule has 1 heterocycles. The van der Waals surface area contributed by atoms with Crippen LogP contribution in [0.5, 0.6) is 0 Å². The van der Waals surface area contributed by atoms with Gasteiger partial charge in [-0.05, 0) is 55.3 Å². The summed E-state index contributed by atoms with van der Waals surface area (Å²) < 4.78 is 0. The summed E-state index contributed by atoms with van der Waals surface area (Å²) in [5.41, 5.74) is 4.89. The van der Waals surface area contributed by atoms with Gasteiger partial charge in [0.05, 0.1) is 16.8 Å². The maximum atomic E-state index is 13.0. The second-order valence-corrected chi connectivity index (χ2v) is 8.97. The fourth-order valence-electron chi connectivity index (χ4n) is 3.42. The Balaban J connectivity index is 1.73. The molecule has 0 fully saturated rings. The molecule has 0 saturated carbocycles. The summed E-state index contributed by atoms with van der Waals surface area (Å²) in [4.78, 5) is 22.0. The minimum absolute atomic E-state index is 0.0488. The first-order valence-electron chi connectivity index (χ1n) is 10.3. The van der Waals surface area contributed by atoms with E-state index in [1.165, 1.54) is 0 Å². The molecule has 4 aromatic rings. The zero-order chi connectivity index (χ0) is 23.5. The molecule has 4 rings (SSSR count). The molecule has 7 heteroatoms. The molecule has 33 heavy (non-hydrogen) atoms. The summed E-state index contributed by atoms with van der Waals surface area (Å²) in [6.07, 6.45) is 1.63. The number of aromatic nitrogens is 2. The summed E-state index contributed by atoms with van der Waals surface area (Å²) in [5.74, 6) is -0.329. The number of benzene rings is 3. The maximum absolute atomic E-state index is 13.0. The van der Waals surface area contributed by atoms with Crippen molar-refractivity contribution in [2.24, 2.45) is 0 Å². The first kappa shape index (κ1) is 23.2. The van der Waals surface area contributed by atoms with E-state index in [1.54, 1.807) is 36.5 Å². The van der Waals surface area contributed by atoms with Gasteiger partial charge in [0.2, 0.25) is 5.82 Å². The van der Waals surface area contributed by atoms with Gasteiger partial charge in [0.25, 0.3) is 5.91 Å². The highest BCUT2D eigenvalue weighted by Crippen LogP contribution is 2.36. The van der Waals surface area contributed by atoms with Crippen molar-refractivity contribution in [2.45, 2.75) is 19.9 Å². The van der Waals surface area contributed by atoms with Crippen LogP contribution < -0.4 is 5.32 Å². The minimum Gasteiger partial charge on any atom is -0.343 e. The predicted molar refractivity (Wildman–Crippen MR) is 135 cm³/mol. The maximum Gasteiger partial charge on any atom is 0.289 e. The van der Waals surface area contributed by atoms with E-state index in [2.05, 4.69) is 15.3 Å². The van der Waals surface area contributed by atoms with Crippen LogP contribution in [0.4, 0.5) is 0 Å². The summed E-state index contributed by atoms with van der Waals surface area (Å²) in [5, 5.41) is 4.52. The van der Waals surface area contributed by atoms with Crippen molar-refractivity contribution >= 4 is 40.7 Å². The molecule has 0 spiro atoms. The fourth-order valence-corrected chi connectivity index (χ4v) is 4.04. The van der Waals surface area contributed by atoms with Gasteiger partial charge in [-0.15, -0.1) is 0 Å². The Morgan fingerprint density at radius 1 is 0.879 bits per heavy atom. The van der Waals surface area contributed by atoms with Crippen LogP contribution in [0.15, 0.2) is 72.9 Å².